The van der Waals surface area contributed by atoms with Crippen molar-refractivity contribution in [1.82, 2.24) is 5.32 Å². The third-order valence-corrected chi connectivity index (χ3v) is 2.26. The maximum absolute atomic E-state index is 11.3. The van der Waals surface area contributed by atoms with Crippen molar-refractivity contribution < 1.29 is 23.8 Å². The first kappa shape index (κ1) is 16.0. The van der Waals surface area contributed by atoms with Crippen LogP contribution in [0.25, 0.3) is 0 Å². The highest BCUT2D eigenvalue weighted by atomic mass is 16.6. The molecule has 1 amide bonds. The summed E-state index contributed by atoms with van der Waals surface area (Å²) in [7, 11) is 0. The first-order chi connectivity index (χ1) is 9.68. The molecule has 0 saturated carbocycles. The van der Waals surface area contributed by atoms with E-state index in [0.29, 0.717) is 19.8 Å². The van der Waals surface area contributed by atoms with E-state index in [4.69, 9.17) is 9.47 Å². The van der Waals surface area contributed by atoms with Gasteiger partial charge in [-0.2, -0.15) is 0 Å². The number of benzene rings is 1. The minimum atomic E-state index is -0.488. The molecule has 0 unspecified atom stereocenters. The summed E-state index contributed by atoms with van der Waals surface area (Å²) in [5, 5.41) is 2.56. The molecule has 0 aliphatic carbocycles. The Balaban J connectivity index is 1.96. The van der Waals surface area contributed by atoms with E-state index in [0.717, 1.165) is 5.56 Å². The van der Waals surface area contributed by atoms with Gasteiger partial charge in [-0.1, -0.05) is 30.3 Å². The number of nitrogens with one attached hydrogen (secondary N) is 1. The van der Waals surface area contributed by atoms with Crippen molar-refractivity contribution in [2.75, 3.05) is 26.4 Å². The fraction of sp³-hybridized carbons (Fsp3) is 0.429. The molecule has 0 heterocycles. The van der Waals surface area contributed by atoms with Crippen LogP contribution < -0.4 is 5.32 Å². The van der Waals surface area contributed by atoms with Crippen molar-refractivity contribution >= 4 is 12.1 Å². The Morgan fingerprint density at radius 1 is 1.05 bits per heavy atom. The van der Waals surface area contributed by atoms with E-state index in [2.05, 4.69) is 10.1 Å². The highest BCUT2D eigenvalue weighted by Crippen LogP contribution is 2.00. The Morgan fingerprint density at radius 2 is 1.80 bits per heavy atom. The zero-order valence-corrected chi connectivity index (χ0v) is 11.5. The Labute approximate surface area is 118 Å². The van der Waals surface area contributed by atoms with Crippen LogP contribution in [0, 0.1) is 0 Å². The van der Waals surface area contributed by atoms with Crippen molar-refractivity contribution in [3.63, 3.8) is 0 Å². The monoisotopic (exact) mass is 281 g/mol. The van der Waals surface area contributed by atoms with E-state index >= 15 is 0 Å². The summed E-state index contributed by atoms with van der Waals surface area (Å²) >= 11 is 0. The second-order valence-electron chi connectivity index (χ2n) is 3.94. The minimum Gasteiger partial charge on any atom is -0.463 e. The van der Waals surface area contributed by atoms with Crippen molar-refractivity contribution in [3.8, 4) is 0 Å². The fourth-order valence-electron chi connectivity index (χ4n) is 1.35. The first-order valence-corrected chi connectivity index (χ1v) is 6.34. The molecule has 20 heavy (non-hydrogen) atoms. The van der Waals surface area contributed by atoms with Crippen LogP contribution in [-0.2, 0) is 25.6 Å². The van der Waals surface area contributed by atoms with Gasteiger partial charge in [0.05, 0.1) is 13.2 Å². The van der Waals surface area contributed by atoms with Crippen LogP contribution >= 0.6 is 0 Å². The summed E-state index contributed by atoms with van der Waals surface area (Å²) in [6, 6.07) is 9.43. The van der Waals surface area contributed by atoms with Gasteiger partial charge in [0.15, 0.2) is 0 Å². The molecule has 0 aliphatic heterocycles. The van der Waals surface area contributed by atoms with Crippen molar-refractivity contribution in [2.45, 2.75) is 13.5 Å². The lowest BCUT2D eigenvalue weighted by Gasteiger charge is -2.07. The van der Waals surface area contributed by atoms with Crippen molar-refractivity contribution in [1.29, 1.82) is 0 Å². The van der Waals surface area contributed by atoms with Gasteiger partial charge in [0, 0.05) is 13.5 Å². The zero-order valence-electron chi connectivity index (χ0n) is 11.5. The number of esters is 1. The standard InChI is InChI=1S/C14H19NO5/c1-12(16)19-10-9-18-8-7-15-14(17)20-11-13-5-3-2-4-6-13/h2-6H,7-11H2,1H3,(H,15,17). The van der Waals surface area contributed by atoms with Gasteiger partial charge in [-0.25, -0.2) is 4.79 Å². The van der Waals surface area contributed by atoms with E-state index in [-0.39, 0.29) is 19.2 Å². The zero-order chi connectivity index (χ0) is 14.6. The molecule has 0 spiro atoms. The number of carbonyl (C=O) groups excluding carboxylic acids is 2. The molecule has 0 fully saturated rings. The molecule has 0 aromatic heterocycles. The molecule has 0 bridgehead atoms. The number of alkyl carbamates (subject to hydrolysis) is 1. The fourth-order valence-corrected chi connectivity index (χ4v) is 1.35. The lowest BCUT2D eigenvalue weighted by atomic mass is 10.2. The summed E-state index contributed by atoms with van der Waals surface area (Å²) in [6.07, 6.45) is -0.488. The van der Waals surface area contributed by atoms with Gasteiger partial charge in [0.1, 0.15) is 13.2 Å². The van der Waals surface area contributed by atoms with E-state index in [1.165, 1.54) is 6.92 Å². The minimum absolute atomic E-state index is 0.216. The summed E-state index contributed by atoms with van der Waals surface area (Å²) < 4.78 is 14.8. The van der Waals surface area contributed by atoms with Gasteiger partial charge in [0.25, 0.3) is 0 Å². The molecule has 1 rings (SSSR count). The van der Waals surface area contributed by atoms with E-state index in [9.17, 15) is 9.59 Å². The van der Waals surface area contributed by atoms with Crippen LogP contribution in [0.15, 0.2) is 30.3 Å². The summed E-state index contributed by atoms with van der Waals surface area (Å²) in [5.74, 6) is -0.337. The maximum Gasteiger partial charge on any atom is 0.407 e. The van der Waals surface area contributed by atoms with Gasteiger partial charge in [-0.15, -0.1) is 0 Å². The van der Waals surface area contributed by atoms with Gasteiger partial charge >= 0.3 is 12.1 Å². The number of ether oxygens (including phenoxy) is 3. The average molecular weight is 281 g/mol. The van der Waals surface area contributed by atoms with Crippen LogP contribution in [0.3, 0.4) is 0 Å². The van der Waals surface area contributed by atoms with Crippen molar-refractivity contribution in [3.05, 3.63) is 35.9 Å². The topological polar surface area (TPSA) is 73.9 Å². The number of hydrogen-bond donors (Lipinski definition) is 1. The van der Waals surface area contributed by atoms with Crippen LogP contribution in [0.2, 0.25) is 0 Å². The molecule has 0 saturated heterocycles. The quantitative estimate of drug-likeness (QED) is 0.577. The van der Waals surface area contributed by atoms with Crippen LogP contribution in [0.1, 0.15) is 12.5 Å². The number of carbonyl (C=O) groups is 2. The molecule has 110 valence electrons. The molecule has 0 radical (unpaired) electrons. The Bertz CT molecular complexity index is 407. The molecule has 1 aromatic carbocycles. The maximum atomic E-state index is 11.3. The van der Waals surface area contributed by atoms with Gasteiger partial charge < -0.3 is 19.5 Å². The summed E-state index contributed by atoms with van der Waals surface area (Å²) in [4.78, 5) is 21.8. The second-order valence-corrected chi connectivity index (χ2v) is 3.94. The predicted molar refractivity (Wildman–Crippen MR) is 72.1 cm³/mol. The molecule has 1 aromatic rings. The van der Waals surface area contributed by atoms with Crippen LogP contribution in [0.4, 0.5) is 4.79 Å². The van der Waals surface area contributed by atoms with E-state index < -0.39 is 6.09 Å². The third kappa shape index (κ3) is 8.10. The van der Waals surface area contributed by atoms with E-state index in [1.54, 1.807) is 0 Å². The lowest BCUT2D eigenvalue weighted by Crippen LogP contribution is -2.28. The molecular formula is C14H19NO5. The van der Waals surface area contributed by atoms with Crippen LogP contribution in [0.5, 0.6) is 0 Å². The SMILES string of the molecule is CC(=O)OCCOCCNC(=O)OCc1ccccc1. The Hall–Kier alpha value is -2.08. The average Bonchev–Trinajstić information content (AvgIpc) is 2.45. The second kappa shape index (κ2) is 9.80. The van der Waals surface area contributed by atoms with Gasteiger partial charge in [-0.05, 0) is 5.56 Å². The van der Waals surface area contributed by atoms with Crippen LogP contribution in [-0.4, -0.2) is 38.4 Å². The molecule has 1 N–H and O–H groups in total. The lowest BCUT2D eigenvalue weighted by molar-refractivity contribution is -0.142. The predicted octanol–water partition coefficient (Wildman–Crippen LogP) is 1.49. The smallest absolute Gasteiger partial charge is 0.407 e. The highest BCUT2D eigenvalue weighted by molar-refractivity contribution is 5.67. The molecule has 6 heteroatoms. The number of rotatable bonds is 8. The normalized spacial score (nSPS) is 9.85. The van der Waals surface area contributed by atoms with E-state index in [1.807, 2.05) is 30.3 Å². The molecule has 6 nitrogen and oxygen atoms in total. The van der Waals surface area contributed by atoms with Gasteiger partial charge in [0.2, 0.25) is 0 Å². The molecule has 0 atom stereocenters. The summed E-state index contributed by atoms with van der Waals surface area (Å²) in [5.41, 5.74) is 0.931. The van der Waals surface area contributed by atoms with Gasteiger partial charge in [-0.3, -0.25) is 4.79 Å². The largest absolute Gasteiger partial charge is 0.463 e. The third-order valence-electron chi connectivity index (χ3n) is 2.26. The van der Waals surface area contributed by atoms with Crippen molar-refractivity contribution in [2.24, 2.45) is 0 Å². The Kier molecular flexibility index (Phi) is 7.83. The first-order valence-electron chi connectivity index (χ1n) is 6.34. The Morgan fingerprint density at radius 3 is 2.50 bits per heavy atom. The molecule has 0 aliphatic rings. The molecular weight excluding hydrogens is 262 g/mol. The highest BCUT2D eigenvalue weighted by Gasteiger charge is 2.01. The summed E-state index contributed by atoms with van der Waals surface area (Å²) in [6.45, 7) is 2.77. The number of amides is 1. The number of hydrogen-bond acceptors (Lipinski definition) is 5.